The fourth-order valence-electron chi connectivity index (χ4n) is 3.74. The van der Waals surface area contributed by atoms with Gasteiger partial charge in [-0.15, -0.1) is 0 Å². The first-order valence-electron chi connectivity index (χ1n) is 9.66. The van der Waals surface area contributed by atoms with Crippen molar-refractivity contribution in [2.45, 2.75) is 12.8 Å². The standard InChI is InChI=1S/C22H20F2N4O2/c1-27-20(29)12-19(14-6-8-25-9-7-14)26-22(27)28-10-2-3-16(13-28)21(30)15-4-5-17(23)18(24)11-15/h4-9,11-12,16H,2-3,10,13H2,1H3. The van der Waals surface area contributed by atoms with Gasteiger partial charge in [-0.1, -0.05) is 0 Å². The van der Waals surface area contributed by atoms with Crippen molar-refractivity contribution in [2.24, 2.45) is 13.0 Å². The summed E-state index contributed by atoms with van der Waals surface area (Å²) in [5.74, 6) is -2.19. The molecule has 1 saturated heterocycles. The first-order valence-corrected chi connectivity index (χ1v) is 9.66. The van der Waals surface area contributed by atoms with E-state index in [0.29, 0.717) is 31.2 Å². The van der Waals surface area contributed by atoms with Gasteiger partial charge in [0.2, 0.25) is 5.95 Å². The topological polar surface area (TPSA) is 68.1 Å². The summed E-state index contributed by atoms with van der Waals surface area (Å²) < 4.78 is 28.2. The minimum Gasteiger partial charge on any atom is -0.341 e. The zero-order valence-corrected chi connectivity index (χ0v) is 16.4. The summed E-state index contributed by atoms with van der Waals surface area (Å²) in [6, 6.07) is 8.22. The molecule has 0 saturated carbocycles. The van der Waals surface area contributed by atoms with Crippen LogP contribution in [0, 0.1) is 17.6 Å². The predicted octanol–water partition coefficient (Wildman–Crippen LogP) is 3.22. The van der Waals surface area contributed by atoms with Gasteiger partial charge >= 0.3 is 0 Å². The van der Waals surface area contributed by atoms with Gasteiger partial charge in [-0.05, 0) is 43.2 Å². The second kappa shape index (κ2) is 8.14. The molecular formula is C22H20F2N4O2. The molecule has 0 spiro atoms. The predicted molar refractivity (Wildman–Crippen MR) is 108 cm³/mol. The number of carbonyl (C=O) groups excluding carboxylic acids is 1. The first-order chi connectivity index (χ1) is 14.4. The highest BCUT2D eigenvalue weighted by molar-refractivity contribution is 5.98. The van der Waals surface area contributed by atoms with Crippen molar-refractivity contribution in [1.29, 1.82) is 0 Å². The Balaban J connectivity index is 1.63. The summed E-state index contributed by atoms with van der Waals surface area (Å²) in [6.07, 6.45) is 4.61. The van der Waals surface area contributed by atoms with Gasteiger partial charge in [-0.25, -0.2) is 13.8 Å². The number of nitrogens with zero attached hydrogens (tertiary/aromatic N) is 4. The van der Waals surface area contributed by atoms with Crippen molar-refractivity contribution >= 4 is 11.7 Å². The van der Waals surface area contributed by atoms with E-state index in [1.54, 1.807) is 31.6 Å². The third-order valence-electron chi connectivity index (χ3n) is 5.37. The minimum atomic E-state index is -1.04. The average Bonchev–Trinajstić information content (AvgIpc) is 2.77. The fraction of sp³-hybridized carbons (Fsp3) is 0.273. The van der Waals surface area contributed by atoms with Gasteiger partial charge in [0.05, 0.1) is 5.69 Å². The number of anilines is 1. The Morgan fingerprint density at radius 2 is 1.87 bits per heavy atom. The molecule has 6 nitrogen and oxygen atoms in total. The van der Waals surface area contributed by atoms with Gasteiger partial charge < -0.3 is 4.90 Å². The van der Waals surface area contributed by atoms with Gasteiger partial charge in [0, 0.05) is 55.6 Å². The number of halogens is 2. The number of rotatable bonds is 4. The molecule has 30 heavy (non-hydrogen) atoms. The second-order valence-electron chi connectivity index (χ2n) is 7.35. The Labute approximate surface area is 171 Å². The summed E-state index contributed by atoms with van der Waals surface area (Å²) in [5.41, 5.74) is 1.24. The molecule has 3 heterocycles. The van der Waals surface area contributed by atoms with E-state index in [1.165, 1.54) is 16.7 Å². The number of pyridine rings is 1. The molecule has 1 aliphatic rings. The third-order valence-corrected chi connectivity index (χ3v) is 5.37. The maximum Gasteiger partial charge on any atom is 0.255 e. The summed E-state index contributed by atoms with van der Waals surface area (Å²) >= 11 is 0. The Morgan fingerprint density at radius 1 is 1.10 bits per heavy atom. The molecule has 1 aromatic carbocycles. The van der Waals surface area contributed by atoms with Gasteiger partial charge in [0.1, 0.15) is 0 Å². The van der Waals surface area contributed by atoms with Gasteiger partial charge in [-0.3, -0.25) is 19.1 Å². The molecule has 0 amide bonds. The lowest BCUT2D eigenvalue weighted by Gasteiger charge is -2.33. The van der Waals surface area contributed by atoms with Crippen LogP contribution in [0.4, 0.5) is 14.7 Å². The highest BCUT2D eigenvalue weighted by atomic mass is 19.2. The highest BCUT2D eigenvalue weighted by Gasteiger charge is 2.29. The summed E-state index contributed by atoms with van der Waals surface area (Å²) in [7, 11) is 1.64. The lowest BCUT2D eigenvalue weighted by Crippen LogP contribution is -2.42. The van der Waals surface area contributed by atoms with E-state index in [2.05, 4.69) is 9.97 Å². The van der Waals surface area contributed by atoms with E-state index in [0.717, 1.165) is 24.1 Å². The third kappa shape index (κ3) is 3.85. The van der Waals surface area contributed by atoms with Gasteiger partial charge in [0.15, 0.2) is 17.4 Å². The maximum absolute atomic E-state index is 13.6. The van der Waals surface area contributed by atoms with Crippen LogP contribution in [-0.4, -0.2) is 33.4 Å². The van der Waals surface area contributed by atoms with Crippen molar-refractivity contribution in [3.63, 3.8) is 0 Å². The van der Waals surface area contributed by atoms with Crippen LogP contribution in [0.1, 0.15) is 23.2 Å². The smallest absolute Gasteiger partial charge is 0.255 e. The van der Waals surface area contributed by atoms with Crippen LogP contribution in [0.15, 0.2) is 53.6 Å². The van der Waals surface area contributed by atoms with Crippen LogP contribution >= 0.6 is 0 Å². The summed E-state index contributed by atoms with van der Waals surface area (Å²) in [5, 5.41) is 0. The molecule has 4 rings (SSSR count). The van der Waals surface area contributed by atoms with Crippen molar-refractivity contribution < 1.29 is 13.6 Å². The second-order valence-corrected chi connectivity index (χ2v) is 7.35. The van der Waals surface area contributed by atoms with E-state index in [1.807, 2.05) is 4.90 Å². The zero-order valence-electron chi connectivity index (χ0n) is 16.4. The molecule has 1 fully saturated rings. The molecule has 3 aromatic rings. The molecule has 1 atom stereocenters. The molecule has 8 heteroatoms. The molecular weight excluding hydrogens is 390 g/mol. The molecule has 0 bridgehead atoms. The van der Waals surface area contributed by atoms with Crippen molar-refractivity contribution in [1.82, 2.24) is 14.5 Å². The molecule has 0 radical (unpaired) electrons. The Morgan fingerprint density at radius 3 is 2.60 bits per heavy atom. The summed E-state index contributed by atoms with van der Waals surface area (Å²) in [6.45, 7) is 0.986. The molecule has 2 aromatic heterocycles. The number of benzene rings is 1. The van der Waals surface area contributed by atoms with E-state index in [4.69, 9.17) is 0 Å². The van der Waals surface area contributed by atoms with Crippen LogP contribution in [0.5, 0.6) is 0 Å². The van der Waals surface area contributed by atoms with Gasteiger partial charge in [0.25, 0.3) is 5.56 Å². The van der Waals surface area contributed by atoms with Gasteiger partial charge in [-0.2, -0.15) is 0 Å². The molecule has 0 N–H and O–H groups in total. The lowest BCUT2D eigenvalue weighted by molar-refractivity contribution is 0.0906. The average molecular weight is 410 g/mol. The van der Waals surface area contributed by atoms with E-state index in [9.17, 15) is 18.4 Å². The first kappa shape index (κ1) is 19.9. The number of aromatic nitrogens is 3. The highest BCUT2D eigenvalue weighted by Crippen LogP contribution is 2.26. The number of carbonyl (C=O) groups is 1. The van der Waals surface area contributed by atoms with Crippen LogP contribution in [0.3, 0.4) is 0 Å². The number of ketones is 1. The number of hydrogen-bond donors (Lipinski definition) is 0. The molecule has 0 aliphatic carbocycles. The fourth-order valence-corrected chi connectivity index (χ4v) is 3.74. The monoisotopic (exact) mass is 410 g/mol. The molecule has 1 aliphatic heterocycles. The minimum absolute atomic E-state index is 0.146. The number of hydrogen-bond acceptors (Lipinski definition) is 5. The van der Waals surface area contributed by atoms with E-state index in [-0.39, 0.29) is 16.9 Å². The van der Waals surface area contributed by atoms with E-state index < -0.39 is 17.6 Å². The quantitative estimate of drug-likeness (QED) is 0.618. The van der Waals surface area contributed by atoms with Crippen molar-refractivity contribution in [3.05, 3.63) is 76.3 Å². The molecule has 154 valence electrons. The lowest BCUT2D eigenvalue weighted by atomic mass is 9.90. The maximum atomic E-state index is 13.6. The molecule has 1 unspecified atom stereocenters. The number of piperidine rings is 1. The SMILES string of the molecule is Cn1c(N2CCCC(C(=O)c3ccc(F)c(F)c3)C2)nc(-c2ccncc2)cc1=O. The number of Topliss-reactive ketones (excluding diaryl/α,β-unsaturated/α-hetero) is 1. The van der Waals surface area contributed by atoms with Crippen molar-refractivity contribution in [2.75, 3.05) is 18.0 Å². The van der Waals surface area contributed by atoms with Crippen LogP contribution in [0.2, 0.25) is 0 Å². The zero-order chi connectivity index (χ0) is 21.3. The normalized spacial score (nSPS) is 16.5. The van der Waals surface area contributed by atoms with Crippen LogP contribution in [0.25, 0.3) is 11.3 Å². The van der Waals surface area contributed by atoms with E-state index >= 15 is 0 Å². The van der Waals surface area contributed by atoms with Crippen LogP contribution < -0.4 is 10.5 Å². The summed E-state index contributed by atoms with van der Waals surface area (Å²) in [4.78, 5) is 35.9. The van der Waals surface area contributed by atoms with Crippen LogP contribution in [-0.2, 0) is 7.05 Å². The Kier molecular flexibility index (Phi) is 5.39. The Bertz CT molecular complexity index is 1150. The largest absolute Gasteiger partial charge is 0.341 e. The van der Waals surface area contributed by atoms with Crippen molar-refractivity contribution in [3.8, 4) is 11.3 Å². The Hall–Kier alpha value is -3.42.